The normalized spacial score (nSPS) is 11.0. The molecule has 0 saturated carbocycles. The van der Waals surface area contributed by atoms with Crippen LogP contribution in [0.5, 0.6) is 0 Å². The number of hydrazone groups is 1. The topological polar surface area (TPSA) is 67.5 Å². The summed E-state index contributed by atoms with van der Waals surface area (Å²) in [5.74, 6) is 0.257. The van der Waals surface area contributed by atoms with E-state index in [4.69, 9.17) is 4.42 Å². The van der Waals surface area contributed by atoms with Crippen LogP contribution in [-0.2, 0) is 0 Å². The zero-order chi connectivity index (χ0) is 16.2. The number of thiazole rings is 1. The summed E-state index contributed by atoms with van der Waals surface area (Å²) in [7, 11) is 0. The van der Waals surface area contributed by atoms with Crippen LogP contribution in [-0.4, -0.2) is 17.1 Å². The quantitative estimate of drug-likeness (QED) is 0.535. The molecule has 0 aliphatic heterocycles. The number of carbonyl (C=O) groups is 1. The van der Waals surface area contributed by atoms with Crippen molar-refractivity contribution in [3.8, 4) is 10.6 Å². The summed E-state index contributed by atoms with van der Waals surface area (Å²) in [4.78, 5) is 17.2. The lowest BCUT2D eigenvalue weighted by molar-refractivity contribution is 0.0958. The molecule has 0 bridgehead atoms. The Labute approximate surface area is 145 Å². The van der Waals surface area contributed by atoms with Gasteiger partial charge in [0, 0.05) is 5.56 Å². The number of carbonyl (C=O) groups excluding carboxylic acids is 1. The standard InChI is InChI=1S/C16H12BrN3O2S/c1-10-14(23-16(19-10)11-5-3-2-4-6-11)15(21)20-18-9-12-7-8-13(17)22-12/h2-9H,1H3,(H,20,21)/b18-9+. The van der Waals surface area contributed by atoms with Crippen molar-refractivity contribution in [3.05, 3.63) is 63.5 Å². The van der Waals surface area contributed by atoms with Gasteiger partial charge in [-0.3, -0.25) is 4.79 Å². The van der Waals surface area contributed by atoms with Crippen LogP contribution in [0, 0.1) is 6.92 Å². The van der Waals surface area contributed by atoms with E-state index in [1.165, 1.54) is 17.6 Å². The number of nitrogens with zero attached hydrogens (tertiary/aromatic N) is 2. The predicted octanol–water partition coefficient (Wildman–Crippen LogP) is 4.24. The summed E-state index contributed by atoms with van der Waals surface area (Å²) in [5, 5.41) is 4.71. The highest BCUT2D eigenvalue weighted by Gasteiger charge is 2.15. The van der Waals surface area contributed by atoms with Crippen LogP contribution in [0.4, 0.5) is 0 Å². The Balaban J connectivity index is 1.73. The van der Waals surface area contributed by atoms with E-state index in [1.54, 1.807) is 12.1 Å². The summed E-state index contributed by atoms with van der Waals surface area (Å²) in [6.45, 7) is 1.81. The third kappa shape index (κ3) is 3.75. The molecule has 23 heavy (non-hydrogen) atoms. The number of halogens is 1. The van der Waals surface area contributed by atoms with Crippen molar-refractivity contribution in [1.82, 2.24) is 10.4 Å². The van der Waals surface area contributed by atoms with E-state index >= 15 is 0 Å². The van der Waals surface area contributed by atoms with E-state index in [1.807, 2.05) is 37.3 Å². The Morgan fingerprint density at radius 3 is 2.78 bits per heavy atom. The fraction of sp³-hybridized carbons (Fsp3) is 0.0625. The molecule has 2 heterocycles. The summed E-state index contributed by atoms with van der Waals surface area (Å²) in [5.41, 5.74) is 4.16. The van der Waals surface area contributed by atoms with E-state index in [0.29, 0.717) is 21.0 Å². The van der Waals surface area contributed by atoms with E-state index in [-0.39, 0.29) is 5.91 Å². The van der Waals surface area contributed by atoms with Crippen molar-refractivity contribution in [1.29, 1.82) is 0 Å². The van der Waals surface area contributed by atoms with Gasteiger partial charge in [-0.15, -0.1) is 11.3 Å². The Bertz CT molecular complexity index is 855. The fourth-order valence-electron chi connectivity index (χ4n) is 1.91. The first-order valence-electron chi connectivity index (χ1n) is 6.75. The van der Waals surface area contributed by atoms with Crippen molar-refractivity contribution in [2.24, 2.45) is 5.10 Å². The largest absolute Gasteiger partial charge is 0.448 e. The minimum atomic E-state index is -0.288. The molecule has 3 aromatic rings. The number of rotatable bonds is 4. The highest BCUT2D eigenvalue weighted by molar-refractivity contribution is 9.10. The highest BCUT2D eigenvalue weighted by Crippen LogP contribution is 2.27. The minimum Gasteiger partial charge on any atom is -0.448 e. The summed E-state index contributed by atoms with van der Waals surface area (Å²) in [6.07, 6.45) is 1.44. The SMILES string of the molecule is Cc1nc(-c2ccccc2)sc1C(=O)N/N=C/c1ccc(Br)o1. The molecular formula is C16H12BrN3O2S. The molecule has 1 aromatic carbocycles. The monoisotopic (exact) mass is 389 g/mol. The maximum Gasteiger partial charge on any atom is 0.283 e. The maximum absolute atomic E-state index is 12.2. The number of furan rings is 1. The molecule has 3 rings (SSSR count). The van der Waals surface area contributed by atoms with Crippen molar-refractivity contribution in [3.63, 3.8) is 0 Å². The number of benzene rings is 1. The van der Waals surface area contributed by atoms with Crippen molar-refractivity contribution < 1.29 is 9.21 Å². The number of nitrogens with one attached hydrogen (secondary N) is 1. The fourth-order valence-corrected chi connectivity index (χ4v) is 3.19. The molecule has 0 unspecified atom stereocenters. The molecule has 1 N–H and O–H groups in total. The number of amides is 1. The summed E-state index contributed by atoms with van der Waals surface area (Å²) < 4.78 is 5.87. The van der Waals surface area contributed by atoms with Crippen LogP contribution in [0.25, 0.3) is 10.6 Å². The van der Waals surface area contributed by atoms with Crippen LogP contribution in [0.1, 0.15) is 21.1 Å². The Hall–Kier alpha value is -2.25. The molecule has 0 saturated heterocycles. The van der Waals surface area contributed by atoms with Gasteiger partial charge in [0.15, 0.2) is 4.67 Å². The molecule has 0 atom stereocenters. The summed E-state index contributed by atoms with van der Waals surface area (Å²) >= 11 is 4.54. The average Bonchev–Trinajstić information content (AvgIpc) is 3.14. The minimum absolute atomic E-state index is 0.288. The van der Waals surface area contributed by atoms with Gasteiger partial charge in [0.05, 0.1) is 11.9 Å². The lowest BCUT2D eigenvalue weighted by atomic mass is 10.2. The predicted molar refractivity (Wildman–Crippen MR) is 93.8 cm³/mol. The third-order valence-corrected chi connectivity index (χ3v) is 4.61. The van der Waals surface area contributed by atoms with Crippen LogP contribution >= 0.6 is 27.3 Å². The van der Waals surface area contributed by atoms with Gasteiger partial charge in [-0.1, -0.05) is 30.3 Å². The first-order valence-corrected chi connectivity index (χ1v) is 8.36. The van der Waals surface area contributed by atoms with Crippen molar-refractivity contribution >= 4 is 39.4 Å². The second-order valence-electron chi connectivity index (χ2n) is 4.64. The Morgan fingerprint density at radius 1 is 1.30 bits per heavy atom. The molecule has 1 amide bonds. The average molecular weight is 390 g/mol. The molecule has 0 radical (unpaired) electrons. The highest BCUT2D eigenvalue weighted by atomic mass is 79.9. The molecule has 7 heteroatoms. The molecule has 0 fully saturated rings. The lowest BCUT2D eigenvalue weighted by Gasteiger charge is -1.96. The number of aryl methyl sites for hydroxylation is 1. The Morgan fingerprint density at radius 2 is 2.09 bits per heavy atom. The van der Waals surface area contributed by atoms with E-state index < -0.39 is 0 Å². The Kier molecular flexibility index (Phi) is 4.68. The van der Waals surface area contributed by atoms with Crippen LogP contribution in [0.2, 0.25) is 0 Å². The van der Waals surface area contributed by atoms with Gasteiger partial charge in [0.25, 0.3) is 5.91 Å². The van der Waals surface area contributed by atoms with Crippen molar-refractivity contribution in [2.45, 2.75) is 6.92 Å². The van der Waals surface area contributed by atoms with Gasteiger partial charge in [-0.05, 0) is 35.0 Å². The maximum atomic E-state index is 12.2. The van der Waals surface area contributed by atoms with Gasteiger partial charge in [0.1, 0.15) is 15.6 Å². The van der Waals surface area contributed by atoms with Crippen LogP contribution < -0.4 is 5.43 Å². The number of hydrogen-bond acceptors (Lipinski definition) is 5. The molecule has 5 nitrogen and oxygen atoms in total. The molecule has 116 valence electrons. The second kappa shape index (κ2) is 6.89. The number of hydrogen-bond donors (Lipinski definition) is 1. The third-order valence-electron chi connectivity index (χ3n) is 2.98. The zero-order valence-corrected chi connectivity index (χ0v) is 14.5. The molecule has 0 aliphatic carbocycles. The van der Waals surface area contributed by atoms with Gasteiger partial charge in [-0.25, -0.2) is 10.4 Å². The lowest BCUT2D eigenvalue weighted by Crippen LogP contribution is -2.17. The molecule has 0 aliphatic rings. The summed E-state index contributed by atoms with van der Waals surface area (Å²) in [6, 6.07) is 13.3. The van der Waals surface area contributed by atoms with E-state index in [2.05, 4.69) is 31.4 Å². The molecular weight excluding hydrogens is 378 g/mol. The first-order chi connectivity index (χ1) is 11.1. The number of aromatic nitrogens is 1. The first kappa shape index (κ1) is 15.6. The van der Waals surface area contributed by atoms with Gasteiger partial charge in [-0.2, -0.15) is 5.10 Å². The zero-order valence-electron chi connectivity index (χ0n) is 12.1. The van der Waals surface area contributed by atoms with E-state index in [0.717, 1.165) is 10.6 Å². The second-order valence-corrected chi connectivity index (χ2v) is 6.42. The van der Waals surface area contributed by atoms with Gasteiger partial charge >= 0.3 is 0 Å². The van der Waals surface area contributed by atoms with Crippen LogP contribution in [0.15, 0.2) is 56.7 Å². The van der Waals surface area contributed by atoms with Crippen molar-refractivity contribution in [2.75, 3.05) is 0 Å². The van der Waals surface area contributed by atoms with Gasteiger partial charge in [0.2, 0.25) is 0 Å². The molecule has 2 aromatic heterocycles. The van der Waals surface area contributed by atoms with Crippen LogP contribution in [0.3, 0.4) is 0 Å². The van der Waals surface area contributed by atoms with E-state index in [9.17, 15) is 4.79 Å². The molecule has 0 spiro atoms. The smallest absolute Gasteiger partial charge is 0.283 e. The van der Waals surface area contributed by atoms with Gasteiger partial charge < -0.3 is 4.42 Å².